The van der Waals surface area contributed by atoms with Crippen molar-refractivity contribution in [1.82, 2.24) is 20.2 Å². The summed E-state index contributed by atoms with van der Waals surface area (Å²) in [7, 11) is -3.86. The summed E-state index contributed by atoms with van der Waals surface area (Å²) < 4.78 is 40.4. The Kier molecular flexibility index (Phi) is 4.26. The lowest BCUT2D eigenvalue weighted by molar-refractivity contribution is 0.553. The molecule has 0 spiro atoms. The van der Waals surface area contributed by atoms with E-state index in [0.29, 0.717) is 23.6 Å². The number of halogens is 1. The number of para-hydroxylation sites is 1. The predicted octanol–water partition coefficient (Wildman–Crippen LogP) is 2.30. The summed E-state index contributed by atoms with van der Waals surface area (Å²) in [6.07, 6.45) is 0. The van der Waals surface area contributed by atoms with Gasteiger partial charge in [0.2, 0.25) is 5.82 Å². The van der Waals surface area contributed by atoms with Gasteiger partial charge >= 0.3 is 0 Å². The lowest BCUT2D eigenvalue weighted by Gasteiger charge is -2.10. The van der Waals surface area contributed by atoms with Crippen LogP contribution in [-0.2, 0) is 16.6 Å². The molecule has 1 N–H and O–H groups in total. The van der Waals surface area contributed by atoms with E-state index < -0.39 is 15.8 Å². The molecule has 0 saturated heterocycles. The maximum Gasteiger partial charge on any atom is 0.261 e. The molecule has 0 amide bonds. The highest BCUT2D eigenvalue weighted by Crippen LogP contribution is 2.26. The van der Waals surface area contributed by atoms with Crippen molar-refractivity contribution in [2.24, 2.45) is 0 Å². The van der Waals surface area contributed by atoms with E-state index in [1.165, 1.54) is 16.9 Å². The van der Waals surface area contributed by atoms with E-state index in [1.807, 2.05) is 6.92 Å². The minimum atomic E-state index is -3.86. The van der Waals surface area contributed by atoms with E-state index in [4.69, 9.17) is 0 Å². The van der Waals surface area contributed by atoms with E-state index in [1.54, 1.807) is 24.3 Å². The lowest BCUT2D eigenvalue weighted by Crippen LogP contribution is -2.13. The zero-order chi connectivity index (χ0) is 17.2. The number of aromatic nitrogens is 4. The number of anilines is 1. The minimum Gasteiger partial charge on any atom is -0.279 e. The van der Waals surface area contributed by atoms with Crippen molar-refractivity contribution in [3.63, 3.8) is 0 Å². The number of nitrogens with zero attached hydrogens (tertiary/aromatic N) is 4. The van der Waals surface area contributed by atoms with E-state index >= 15 is 0 Å². The van der Waals surface area contributed by atoms with Crippen LogP contribution >= 0.6 is 0 Å². The standard InChI is InChI=1S/C15H14FN5O2S/c1-2-21-18-15(17-20-21)13-5-3-4-6-14(13)19-24(22,23)12-9-7-11(16)8-10-12/h3-10,19H,2H2,1H3. The van der Waals surface area contributed by atoms with Gasteiger partial charge in [0.05, 0.1) is 17.1 Å². The minimum absolute atomic E-state index is 0.0381. The van der Waals surface area contributed by atoms with Gasteiger partial charge in [-0.2, -0.15) is 4.80 Å². The summed E-state index contributed by atoms with van der Waals surface area (Å²) in [5.74, 6) is -0.191. The Morgan fingerprint density at radius 3 is 2.50 bits per heavy atom. The second-order valence-corrected chi connectivity index (χ2v) is 6.59. The van der Waals surface area contributed by atoms with Gasteiger partial charge in [0, 0.05) is 5.56 Å². The van der Waals surface area contributed by atoms with Crippen molar-refractivity contribution in [3.8, 4) is 11.4 Å². The van der Waals surface area contributed by atoms with Gasteiger partial charge in [0.25, 0.3) is 10.0 Å². The number of aryl methyl sites for hydroxylation is 1. The normalized spacial score (nSPS) is 11.4. The van der Waals surface area contributed by atoms with Gasteiger partial charge in [-0.3, -0.25) is 4.72 Å². The molecule has 1 heterocycles. The third-order valence-corrected chi connectivity index (χ3v) is 4.65. The Bertz CT molecular complexity index is 954. The average Bonchev–Trinajstić information content (AvgIpc) is 3.04. The Hall–Kier alpha value is -2.81. The lowest BCUT2D eigenvalue weighted by atomic mass is 10.2. The molecule has 1 aromatic heterocycles. The Morgan fingerprint density at radius 2 is 1.83 bits per heavy atom. The molecule has 0 aliphatic rings. The number of nitrogens with one attached hydrogen (secondary N) is 1. The first-order chi connectivity index (χ1) is 11.5. The molecule has 9 heteroatoms. The van der Waals surface area contributed by atoms with Crippen molar-refractivity contribution >= 4 is 15.7 Å². The second-order valence-electron chi connectivity index (χ2n) is 4.91. The molecule has 24 heavy (non-hydrogen) atoms. The fourth-order valence-corrected chi connectivity index (χ4v) is 3.15. The van der Waals surface area contributed by atoms with Crippen molar-refractivity contribution in [2.45, 2.75) is 18.4 Å². The fourth-order valence-electron chi connectivity index (χ4n) is 2.07. The largest absolute Gasteiger partial charge is 0.279 e. The molecule has 2 aromatic carbocycles. The highest BCUT2D eigenvalue weighted by Gasteiger charge is 2.18. The molecule has 0 radical (unpaired) electrons. The first-order valence-corrected chi connectivity index (χ1v) is 8.63. The molecule has 7 nitrogen and oxygen atoms in total. The molecule has 0 saturated carbocycles. The quantitative estimate of drug-likeness (QED) is 0.765. The third-order valence-electron chi connectivity index (χ3n) is 3.27. The van der Waals surface area contributed by atoms with Crippen molar-refractivity contribution in [2.75, 3.05) is 4.72 Å². The van der Waals surface area contributed by atoms with Crippen LogP contribution in [0.1, 0.15) is 6.92 Å². The van der Waals surface area contributed by atoms with Gasteiger partial charge in [0.1, 0.15) is 5.82 Å². The molecule has 124 valence electrons. The second kappa shape index (κ2) is 6.36. The van der Waals surface area contributed by atoms with Crippen LogP contribution in [0.15, 0.2) is 53.4 Å². The van der Waals surface area contributed by atoms with Crippen LogP contribution in [0.5, 0.6) is 0 Å². The van der Waals surface area contributed by atoms with Crippen LogP contribution in [0.2, 0.25) is 0 Å². The molecular weight excluding hydrogens is 333 g/mol. The fraction of sp³-hybridized carbons (Fsp3) is 0.133. The molecule has 0 fully saturated rings. The molecule has 0 aliphatic carbocycles. The summed E-state index contributed by atoms with van der Waals surface area (Å²) in [6, 6.07) is 11.3. The summed E-state index contributed by atoms with van der Waals surface area (Å²) in [4.78, 5) is 1.37. The van der Waals surface area contributed by atoms with Crippen LogP contribution in [0.3, 0.4) is 0 Å². The first kappa shape index (κ1) is 16.1. The molecule has 0 aliphatic heterocycles. The van der Waals surface area contributed by atoms with Gasteiger partial charge in [0.15, 0.2) is 0 Å². The van der Waals surface area contributed by atoms with E-state index in [0.717, 1.165) is 12.1 Å². The van der Waals surface area contributed by atoms with Crippen molar-refractivity contribution < 1.29 is 12.8 Å². The van der Waals surface area contributed by atoms with E-state index in [9.17, 15) is 12.8 Å². The highest BCUT2D eigenvalue weighted by atomic mass is 32.2. The molecule has 0 atom stereocenters. The average molecular weight is 347 g/mol. The Morgan fingerprint density at radius 1 is 1.12 bits per heavy atom. The monoisotopic (exact) mass is 347 g/mol. The Labute approximate surface area is 138 Å². The molecule has 3 aromatic rings. The molecular formula is C15H14FN5O2S. The SMILES string of the molecule is CCn1nnc(-c2ccccc2NS(=O)(=O)c2ccc(F)cc2)n1. The molecule has 0 unspecified atom stereocenters. The van der Waals surface area contributed by atoms with Crippen LogP contribution in [0, 0.1) is 5.82 Å². The van der Waals surface area contributed by atoms with Gasteiger partial charge in [-0.25, -0.2) is 12.8 Å². The van der Waals surface area contributed by atoms with Crippen molar-refractivity contribution in [1.29, 1.82) is 0 Å². The smallest absolute Gasteiger partial charge is 0.261 e. The number of benzene rings is 2. The number of hydrogen-bond donors (Lipinski definition) is 1. The summed E-state index contributed by atoms with van der Waals surface area (Å²) in [5.41, 5.74) is 0.820. The van der Waals surface area contributed by atoms with Gasteiger partial charge in [-0.1, -0.05) is 12.1 Å². The highest BCUT2D eigenvalue weighted by molar-refractivity contribution is 7.92. The number of hydrogen-bond acceptors (Lipinski definition) is 5. The summed E-state index contributed by atoms with van der Waals surface area (Å²) >= 11 is 0. The maximum absolute atomic E-state index is 13.0. The number of rotatable bonds is 5. The van der Waals surface area contributed by atoms with Crippen LogP contribution in [0.25, 0.3) is 11.4 Å². The summed E-state index contributed by atoms with van der Waals surface area (Å²) in [6.45, 7) is 2.42. The number of tetrazole rings is 1. The first-order valence-electron chi connectivity index (χ1n) is 7.15. The van der Waals surface area contributed by atoms with E-state index in [2.05, 4.69) is 20.1 Å². The molecule has 0 bridgehead atoms. The predicted molar refractivity (Wildman–Crippen MR) is 86.1 cm³/mol. The van der Waals surface area contributed by atoms with Gasteiger partial charge in [-0.05, 0) is 48.5 Å². The van der Waals surface area contributed by atoms with E-state index in [-0.39, 0.29) is 4.90 Å². The van der Waals surface area contributed by atoms with Gasteiger partial charge < -0.3 is 0 Å². The van der Waals surface area contributed by atoms with Gasteiger partial charge in [-0.15, -0.1) is 10.2 Å². The van der Waals surface area contributed by atoms with Crippen LogP contribution in [0.4, 0.5) is 10.1 Å². The zero-order valence-electron chi connectivity index (χ0n) is 12.7. The Balaban J connectivity index is 1.97. The maximum atomic E-state index is 13.0. The van der Waals surface area contributed by atoms with Crippen LogP contribution in [-0.4, -0.2) is 28.6 Å². The third kappa shape index (κ3) is 3.25. The van der Waals surface area contributed by atoms with Crippen LogP contribution < -0.4 is 4.72 Å². The van der Waals surface area contributed by atoms with Crippen molar-refractivity contribution in [3.05, 3.63) is 54.3 Å². The summed E-state index contributed by atoms with van der Waals surface area (Å²) in [5, 5.41) is 12.0. The zero-order valence-corrected chi connectivity index (χ0v) is 13.5. The topological polar surface area (TPSA) is 89.8 Å². The molecule has 3 rings (SSSR count). The number of sulfonamides is 1.